The van der Waals surface area contributed by atoms with Gasteiger partial charge in [0.25, 0.3) is 5.91 Å². The molecule has 0 aliphatic carbocycles. The number of hydrogen-bond donors (Lipinski definition) is 1. The van der Waals surface area contributed by atoms with Gasteiger partial charge in [0.15, 0.2) is 0 Å². The summed E-state index contributed by atoms with van der Waals surface area (Å²) in [5.41, 5.74) is 1.88. The van der Waals surface area contributed by atoms with E-state index in [1.165, 1.54) is 0 Å². The van der Waals surface area contributed by atoms with Gasteiger partial charge in [-0.2, -0.15) is 0 Å². The zero-order chi connectivity index (χ0) is 15.1. The van der Waals surface area contributed by atoms with Gasteiger partial charge in [-0.05, 0) is 36.8 Å². The molecule has 0 saturated heterocycles. The number of amides is 1. The minimum atomic E-state index is -0.00874. The second-order valence-electron chi connectivity index (χ2n) is 4.95. The Morgan fingerprint density at radius 3 is 2.48 bits per heavy atom. The monoisotopic (exact) mass is 299 g/mol. The first-order chi connectivity index (χ1) is 10.2. The van der Waals surface area contributed by atoms with Crippen LogP contribution >= 0.6 is 11.8 Å². The standard InChI is InChI=1S/C18H21NOS/c1-3-13-21-17-12-8-7-11-16(17)18(20)19-14(2)15-9-5-4-6-10-15/h4-12,14H,3,13H2,1-2H3,(H,19,20)/t14-/m0/s1. The molecule has 1 amide bonds. The molecule has 0 radical (unpaired) electrons. The van der Waals surface area contributed by atoms with E-state index in [0.29, 0.717) is 0 Å². The van der Waals surface area contributed by atoms with Gasteiger partial charge >= 0.3 is 0 Å². The SMILES string of the molecule is CCCSc1ccccc1C(=O)N[C@@H](C)c1ccccc1. The predicted octanol–water partition coefficient (Wildman–Crippen LogP) is 4.68. The number of benzene rings is 2. The molecule has 1 atom stereocenters. The van der Waals surface area contributed by atoms with Gasteiger partial charge in [-0.3, -0.25) is 4.79 Å². The van der Waals surface area contributed by atoms with Crippen molar-refractivity contribution >= 4 is 17.7 Å². The van der Waals surface area contributed by atoms with Crippen molar-refractivity contribution in [2.24, 2.45) is 0 Å². The molecule has 0 heterocycles. The molecule has 2 rings (SSSR count). The third kappa shape index (κ3) is 4.36. The van der Waals surface area contributed by atoms with Crippen molar-refractivity contribution in [2.45, 2.75) is 31.2 Å². The van der Waals surface area contributed by atoms with Gasteiger partial charge in [-0.15, -0.1) is 11.8 Å². The number of nitrogens with one attached hydrogen (secondary N) is 1. The molecular formula is C18H21NOS. The molecule has 2 aromatic carbocycles. The highest BCUT2D eigenvalue weighted by molar-refractivity contribution is 7.99. The van der Waals surface area contributed by atoms with Gasteiger partial charge in [-0.1, -0.05) is 49.4 Å². The molecule has 2 aromatic rings. The topological polar surface area (TPSA) is 29.1 Å². The van der Waals surface area contributed by atoms with Crippen molar-refractivity contribution in [2.75, 3.05) is 5.75 Å². The molecule has 0 spiro atoms. The first-order valence-corrected chi connectivity index (χ1v) is 8.28. The van der Waals surface area contributed by atoms with E-state index < -0.39 is 0 Å². The van der Waals surface area contributed by atoms with Crippen molar-refractivity contribution < 1.29 is 4.79 Å². The van der Waals surface area contributed by atoms with Crippen LogP contribution in [0.2, 0.25) is 0 Å². The van der Waals surface area contributed by atoms with Crippen LogP contribution in [0.3, 0.4) is 0 Å². The van der Waals surface area contributed by atoms with E-state index in [2.05, 4.69) is 12.2 Å². The summed E-state index contributed by atoms with van der Waals surface area (Å²) in [7, 11) is 0. The summed E-state index contributed by atoms with van der Waals surface area (Å²) < 4.78 is 0. The van der Waals surface area contributed by atoms with E-state index in [1.807, 2.05) is 61.5 Å². The molecule has 21 heavy (non-hydrogen) atoms. The maximum Gasteiger partial charge on any atom is 0.252 e. The summed E-state index contributed by atoms with van der Waals surface area (Å²) in [4.78, 5) is 13.5. The van der Waals surface area contributed by atoms with Crippen LogP contribution in [0.5, 0.6) is 0 Å². The molecule has 0 fully saturated rings. The number of hydrogen-bond acceptors (Lipinski definition) is 2. The summed E-state index contributed by atoms with van der Waals surface area (Å²) in [6.07, 6.45) is 1.10. The minimum Gasteiger partial charge on any atom is -0.345 e. The fourth-order valence-corrected chi connectivity index (χ4v) is 3.01. The highest BCUT2D eigenvalue weighted by Crippen LogP contribution is 2.24. The van der Waals surface area contributed by atoms with E-state index in [4.69, 9.17) is 0 Å². The Labute approximate surface area is 131 Å². The molecule has 0 unspecified atom stereocenters. The van der Waals surface area contributed by atoms with Crippen molar-refractivity contribution in [1.29, 1.82) is 0 Å². The maximum atomic E-state index is 12.5. The third-order valence-corrected chi connectivity index (χ3v) is 4.52. The van der Waals surface area contributed by atoms with Crippen LogP contribution in [-0.2, 0) is 0 Å². The lowest BCUT2D eigenvalue weighted by Gasteiger charge is -2.16. The van der Waals surface area contributed by atoms with Gasteiger partial charge < -0.3 is 5.32 Å². The van der Waals surface area contributed by atoms with E-state index in [-0.39, 0.29) is 11.9 Å². The molecule has 0 saturated carbocycles. The Hall–Kier alpha value is -1.74. The Morgan fingerprint density at radius 1 is 1.10 bits per heavy atom. The zero-order valence-corrected chi connectivity index (χ0v) is 13.3. The van der Waals surface area contributed by atoms with Crippen molar-refractivity contribution in [3.8, 4) is 0 Å². The molecule has 0 aliphatic heterocycles. The Balaban J connectivity index is 2.10. The predicted molar refractivity (Wildman–Crippen MR) is 89.8 cm³/mol. The normalized spacial score (nSPS) is 11.9. The fourth-order valence-electron chi connectivity index (χ4n) is 2.09. The van der Waals surface area contributed by atoms with E-state index in [0.717, 1.165) is 28.2 Å². The Kier molecular flexibility index (Phi) is 5.88. The summed E-state index contributed by atoms with van der Waals surface area (Å²) in [5, 5.41) is 3.08. The Bertz CT molecular complexity index is 583. The molecule has 1 N–H and O–H groups in total. The van der Waals surface area contributed by atoms with Crippen molar-refractivity contribution in [3.63, 3.8) is 0 Å². The average molecular weight is 299 g/mol. The summed E-state index contributed by atoms with van der Waals surface area (Å²) in [6, 6.07) is 17.8. The first-order valence-electron chi connectivity index (χ1n) is 7.30. The largest absolute Gasteiger partial charge is 0.345 e. The fraction of sp³-hybridized carbons (Fsp3) is 0.278. The van der Waals surface area contributed by atoms with Gasteiger partial charge in [0, 0.05) is 4.90 Å². The highest BCUT2D eigenvalue weighted by atomic mass is 32.2. The van der Waals surface area contributed by atoms with Crippen LogP contribution in [0, 0.1) is 0 Å². The van der Waals surface area contributed by atoms with Crippen LogP contribution in [0.15, 0.2) is 59.5 Å². The second kappa shape index (κ2) is 7.89. The lowest BCUT2D eigenvalue weighted by molar-refractivity contribution is 0.0937. The number of thioether (sulfide) groups is 1. The lowest BCUT2D eigenvalue weighted by atomic mass is 10.1. The second-order valence-corrected chi connectivity index (χ2v) is 6.09. The Morgan fingerprint density at radius 2 is 1.76 bits per heavy atom. The summed E-state index contributed by atoms with van der Waals surface area (Å²) >= 11 is 1.74. The molecule has 3 heteroatoms. The number of rotatable bonds is 6. The molecular weight excluding hydrogens is 278 g/mol. The van der Waals surface area contributed by atoms with Crippen LogP contribution < -0.4 is 5.32 Å². The van der Waals surface area contributed by atoms with Gasteiger partial charge in [0.05, 0.1) is 11.6 Å². The smallest absolute Gasteiger partial charge is 0.252 e. The molecule has 110 valence electrons. The van der Waals surface area contributed by atoms with Crippen molar-refractivity contribution in [3.05, 3.63) is 65.7 Å². The van der Waals surface area contributed by atoms with E-state index in [9.17, 15) is 4.79 Å². The molecule has 0 aliphatic rings. The molecule has 0 bridgehead atoms. The zero-order valence-electron chi connectivity index (χ0n) is 12.5. The van der Waals surface area contributed by atoms with Crippen molar-refractivity contribution in [1.82, 2.24) is 5.32 Å². The maximum absolute atomic E-state index is 12.5. The number of carbonyl (C=O) groups excluding carboxylic acids is 1. The van der Waals surface area contributed by atoms with Crippen LogP contribution in [0.1, 0.15) is 42.2 Å². The molecule has 0 aromatic heterocycles. The average Bonchev–Trinajstić information content (AvgIpc) is 2.54. The third-order valence-electron chi connectivity index (χ3n) is 3.24. The van der Waals surface area contributed by atoms with Gasteiger partial charge in [-0.25, -0.2) is 0 Å². The number of carbonyl (C=O) groups is 1. The van der Waals surface area contributed by atoms with E-state index in [1.54, 1.807) is 11.8 Å². The lowest BCUT2D eigenvalue weighted by Crippen LogP contribution is -2.27. The summed E-state index contributed by atoms with van der Waals surface area (Å²) in [6.45, 7) is 4.15. The van der Waals surface area contributed by atoms with Crippen LogP contribution in [0.25, 0.3) is 0 Å². The van der Waals surface area contributed by atoms with Crippen LogP contribution in [0.4, 0.5) is 0 Å². The van der Waals surface area contributed by atoms with Gasteiger partial charge in [0.1, 0.15) is 0 Å². The van der Waals surface area contributed by atoms with Crippen LogP contribution in [-0.4, -0.2) is 11.7 Å². The van der Waals surface area contributed by atoms with E-state index >= 15 is 0 Å². The first kappa shape index (κ1) is 15.6. The molecule has 2 nitrogen and oxygen atoms in total. The quantitative estimate of drug-likeness (QED) is 0.785. The summed E-state index contributed by atoms with van der Waals surface area (Å²) in [5.74, 6) is 1.02. The van der Waals surface area contributed by atoms with Gasteiger partial charge in [0.2, 0.25) is 0 Å². The minimum absolute atomic E-state index is 0.00271. The highest BCUT2D eigenvalue weighted by Gasteiger charge is 2.14.